The van der Waals surface area contributed by atoms with E-state index in [1.54, 1.807) is 28.9 Å². The van der Waals surface area contributed by atoms with Crippen LogP contribution in [0.5, 0.6) is 0 Å². The normalized spacial score (nSPS) is 10.8. The van der Waals surface area contributed by atoms with E-state index in [9.17, 15) is 14.4 Å². The number of anilines is 1. The molecule has 0 saturated heterocycles. The van der Waals surface area contributed by atoms with Crippen molar-refractivity contribution < 1.29 is 4.79 Å². The highest BCUT2D eigenvalue weighted by atomic mass is 16.2. The monoisotopic (exact) mass is 353 g/mol. The molecule has 2 aromatic heterocycles. The highest BCUT2D eigenvalue weighted by molar-refractivity contribution is 6.03. The Hall–Kier alpha value is -3.42. The van der Waals surface area contributed by atoms with E-state index in [0.717, 1.165) is 21.6 Å². The average Bonchev–Trinajstić information content (AvgIpc) is 2.96. The Morgan fingerprint density at radius 3 is 2.23 bits per heavy atom. The van der Waals surface area contributed by atoms with Gasteiger partial charge >= 0.3 is 5.69 Å². The van der Waals surface area contributed by atoms with Crippen LogP contribution in [-0.2, 0) is 14.1 Å². The van der Waals surface area contributed by atoms with Crippen LogP contribution in [0.15, 0.2) is 46.0 Å². The van der Waals surface area contributed by atoms with Gasteiger partial charge in [0, 0.05) is 31.4 Å². The Labute approximate surface area is 149 Å². The molecule has 0 atom stereocenters. The number of aryl methyl sites for hydroxylation is 2. The molecule has 0 spiro atoms. The molecule has 1 N–H and O–H groups in total. The maximum absolute atomic E-state index is 12.4. The number of nitrogens with one attached hydrogen (secondary N) is 1. The van der Waals surface area contributed by atoms with Crippen LogP contribution in [0.4, 0.5) is 5.82 Å². The third-order valence-electron chi connectivity index (χ3n) is 4.15. The van der Waals surface area contributed by atoms with E-state index in [4.69, 9.17) is 0 Å². The zero-order valence-corrected chi connectivity index (χ0v) is 15.0. The number of benzene rings is 1. The van der Waals surface area contributed by atoms with E-state index in [1.807, 2.05) is 19.9 Å². The highest BCUT2D eigenvalue weighted by Crippen LogP contribution is 2.14. The molecule has 8 nitrogen and oxygen atoms in total. The van der Waals surface area contributed by atoms with E-state index in [2.05, 4.69) is 10.4 Å². The molecule has 1 amide bonds. The second-order valence-electron chi connectivity index (χ2n) is 6.11. The third-order valence-corrected chi connectivity index (χ3v) is 4.15. The summed E-state index contributed by atoms with van der Waals surface area (Å²) in [5.74, 6) is -0.265. The summed E-state index contributed by atoms with van der Waals surface area (Å²) in [5, 5.41) is 7.00. The van der Waals surface area contributed by atoms with Crippen molar-refractivity contribution in [1.29, 1.82) is 0 Å². The Balaban J connectivity index is 1.87. The van der Waals surface area contributed by atoms with Gasteiger partial charge < -0.3 is 5.32 Å². The van der Waals surface area contributed by atoms with Gasteiger partial charge in [0.05, 0.1) is 11.4 Å². The SMILES string of the molecule is Cc1cc(C)n(-c2ccc(C(=O)Nc3cc(=O)n(C)c(=O)n3C)cc2)n1. The quantitative estimate of drug-likeness (QED) is 0.764. The fraction of sp³-hybridized carbons (Fsp3) is 0.222. The minimum absolute atomic E-state index is 0.144. The van der Waals surface area contributed by atoms with Gasteiger partial charge in [0.1, 0.15) is 5.82 Å². The molecule has 0 fully saturated rings. The fourth-order valence-corrected chi connectivity index (χ4v) is 2.69. The molecule has 0 unspecified atom stereocenters. The lowest BCUT2D eigenvalue weighted by Gasteiger charge is -2.11. The topological polar surface area (TPSA) is 90.9 Å². The number of nitrogens with zero attached hydrogens (tertiary/aromatic N) is 4. The molecule has 0 saturated carbocycles. The lowest BCUT2D eigenvalue weighted by atomic mass is 10.2. The fourth-order valence-electron chi connectivity index (χ4n) is 2.69. The van der Waals surface area contributed by atoms with Crippen LogP contribution in [0.1, 0.15) is 21.7 Å². The summed E-state index contributed by atoms with van der Waals surface area (Å²) < 4.78 is 3.98. The number of aromatic nitrogens is 4. The summed E-state index contributed by atoms with van der Waals surface area (Å²) in [6.45, 7) is 3.87. The number of hydrogen-bond donors (Lipinski definition) is 1. The standard InChI is InChI=1S/C18H19N5O3/c1-11-9-12(2)23(20-11)14-7-5-13(6-8-14)17(25)19-15-10-16(24)22(4)18(26)21(15)3/h5-10H,1-4H3,(H,19,25). The van der Waals surface area contributed by atoms with Gasteiger partial charge in [-0.25, -0.2) is 9.48 Å². The Kier molecular flexibility index (Phi) is 4.33. The maximum atomic E-state index is 12.4. The molecule has 2 heterocycles. The molecule has 134 valence electrons. The molecule has 8 heteroatoms. The first-order valence-electron chi connectivity index (χ1n) is 8.00. The van der Waals surface area contributed by atoms with Gasteiger partial charge in [-0.3, -0.25) is 18.7 Å². The zero-order chi connectivity index (χ0) is 19.0. The molecule has 3 rings (SSSR count). The van der Waals surface area contributed by atoms with Gasteiger partial charge in [-0.05, 0) is 44.2 Å². The minimum Gasteiger partial charge on any atom is -0.308 e. The average molecular weight is 353 g/mol. The van der Waals surface area contributed by atoms with Crippen molar-refractivity contribution in [3.63, 3.8) is 0 Å². The van der Waals surface area contributed by atoms with Gasteiger partial charge in [-0.1, -0.05) is 0 Å². The second kappa shape index (κ2) is 6.47. The molecule has 0 radical (unpaired) electrons. The highest BCUT2D eigenvalue weighted by Gasteiger charge is 2.12. The van der Waals surface area contributed by atoms with Crippen molar-refractivity contribution in [1.82, 2.24) is 18.9 Å². The largest absolute Gasteiger partial charge is 0.332 e. The van der Waals surface area contributed by atoms with Crippen LogP contribution in [0, 0.1) is 13.8 Å². The van der Waals surface area contributed by atoms with Crippen molar-refractivity contribution in [3.8, 4) is 5.69 Å². The first-order chi connectivity index (χ1) is 12.3. The second-order valence-corrected chi connectivity index (χ2v) is 6.11. The van der Waals surface area contributed by atoms with Crippen LogP contribution in [0.25, 0.3) is 5.69 Å². The van der Waals surface area contributed by atoms with E-state index >= 15 is 0 Å². The van der Waals surface area contributed by atoms with Gasteiger partial charge in [-0.15, -0.1) is 0 Å². The summed E-state index contributed by atoms with van der Waals surface area (Å²) in [6, 6.07) is 10.1. The van der Waals surface area contributed by atoms with Gasteiger partial charge in [-0.2, -0.15) is 5.10 Å². The summed E-state index contributed by atoms with van der Waals surface area (Å²) in [6.07, 6.45) is 0. The molecular formula is C18H19N5O3. The Morgan fingerprint density at radius 1 is 1.00 bits per heavy atom. The maximum Gasteiger partial charge on any atom is 0.332 e. The van der Waals surface area contributed by atoms with Crippen LogP contribution in [0.3, 0.4) is 0 Å². The van der Waals surface area contributed by atoms with Crippen molar-refractivity contribution >= 4 is 11.7 Å². The van der Waals surface area contributed by atoms with E-state index in [0.29, 0.717) is 5.56 Å². The molecule has 1 aromatic carbocycles. The smallest absolute Gasteiger partial charge is 0.308 e. The van der Waals surface area contributed by atoms with Crippen LogP contribution in [0.2, 0.25) is 0 Å². The summed E-state index contributed by atoms with van der Waals surface area (Å²) >= 11 is 0. The first-order valence-corrected chi connectivity index (χ1v) is 8.00. The molecule has 0 aliphatic heterocycles. The van der Waals surface area contributed by atoms with E-state index < -0.39 is 17.2 Å². The molecule has 0 bridgehead atoms. The first kappa shape index (κ1) is 17.4. The van der Waals surface area contributed by atoms with Crippen LogP contribution >= 0.6 is 0 Å². The number of rotatable bonds is 3. The van der Waals surface area contributed by atoms with Gasteiger partial charge in [0.15, 0.2) is 0 Å². The number of hydrogen-bond acceptors (Lipinski definition) is 4. The van der Waals surface area contributed by atoms with E-state index in [-0.39, 0.29) is 5.82 Å². The summed E-state index contributed by atoms with van der Waals surface area (Å²) in [7, 11) is 2.87. The van der Waals surface area contributed by atoms with Crippen LogP contribution in [-0.4, -0.2) is 24.8 Å². The Morgan fingerprint density at radius 2 is 1.65 bits per heavy atom. The Bertz CT molecular complexity index is 1100. The van der Waals surface area contributed by atoms with E-state index in [1.165, 1.54) is 24.7 Å². The zero-order valence-electron chi connectivity index (χ0n) is 15.0. The molecule has 3 aromatic rings. The van der Waals surface area contributed by atoms with Crippen molar-refractivity contribution in [2.75, 3.05) is 5.32 Å². The number of carbonyl (C=O) groups is 1. The lowest BCUT2D eigenvalue weighted by molar-refractivity contribution is 0.102. The third kappa shape index (κ3) is 3.08. The van der Waals surface area contributed by atoms with Crippen molar-refractivity contribution in [2.24, 2.45) is 14.1 Å². The molecular weight excluding hydrogens is 334 g/mol. The molecule has 0 aliphatic carbocycles. The van der Waals surface area contributed by atoms with Crippen molar-refractivity contribution in [3.05, 3.63) is 74.2 Å². The van der Waals surface area contributed by atoms with Gasteiger partial charge in [0.25, 0.3) is 11.5 Å². The minimum atomic E-state index is -0.507. The molecule has 0 aliphatic rings. The number of amides is 1. The molecule has 26 heavy (non-hydrogen) atoms. The summed E-state index contributed by atoms with van der Waals surface area (Å²) in [5.41, 5.74) is 2.17. The van der Waals surface area contributed by atoms with Crippen LogP contribution < -0.4 is 16.6 Å². The van der Waals surface area contributed by atoms with Crippen molar-refractivity contribution in [2.45, 2.75) is 13.8 Å². The predicted molar refractivity (Wildman–Crippen MR) is 97.9 cm³/mol. The summed E-state index contributed by atoms with van der Waals surface area (Å²) in [4.78, 5) is 36.1. The predicted octanol–water partition coefficient (Wildman–Crippen LogP) is 1.14. The number of carbonyl (C=O) groups excluding carboxylic acids is 1. The van der Waals surface area contributed by atoms with Gasteiger partial charge in [0.2, 0.25) is 0 Å². The lowest BCUT2D eigenvalue weighted by Crippen LogP contribution is -2.38.